The number of aliphatic hydroxyl groups excluding tert-OH is 2. The molecule has 0 bridgehead atoms. The molecule has 0 amide bonds. The van der Waals surface area contributed by atoms with Crippen LogP contribution in [0.5, 0.6) is 0 Å². The highest BCUT2D eigenvalue weighted by molar-refractivity contribution is 5.69. The second-order valence-electron chi connectivity index (χ2n) is 5.52. The van der Waals surface area contributed by atoms with Gasteiger partial charge in [0.25, 0.3) is 0 Å². The Bertz CT molecular complexity index is 357. The summed E-state index contributed by atoms with van der Waals surface area (Å²) in [4.78, 5) is 11.6. The zero-order valence-electron chi connectivity index (χ0n) is 11.9. The molecule has 0 aromatic carbocycles. The average Bonchev–Trinajstić information content (AvgIpc) is 2.83. The molecule has 2 rings (SSSR count). The van der Waals surface area contributed by atoms with Gasteiger partial charge >= 0.3 is 5.97 Å². The number of hydrogen-bond acceptors (Lipinski definition) is 7. The zero-order chi connectivity index (χ0) is 14.9. The molecule has 0 radical (unpaired) electrons. The molecule has 0 aliphatic carbocycles. The number of rotatable bonds is 5. The van der Waals surface area contributed by atoms with E-state index in [0.29, 0.717) is 6.42 Å². The molecule has 2 heterocycles. The van der Waals surface area contributed by atoms with Crippen molar-refractivity contribution in [3.05, 3.63) is 0 Å². The summed E-state index contributed by atoms with van der Waals surface area (Å²) in [7, 11) is 0. The van der Waals surface area contributed by atoms with E-state index in [4.69, 9.17) is 24.1 Å². The summed E-state index contributed by atoms with van der Waals surface area (Å²) in [6.45, 7) is 4.88. The summed E-state index contributed by atoms with van der Waals surface area (Å²) in [5, 5.41) is 18.8. The Labute approximate surface area is 117 Å². The maximum Gasteiger partial charge on any atom is 0.308 e. The Morgan fingerprint density at radius 2 is 2.00 bits per heavy atom. The van der Waals surface area contributed by atoms with Gasteiger partial charge in [-0.3, -0.25) is 4.79 Å². The minimum atomic E-state index is -1.12. The van der Waals surface area contributed by atoms with Crippen molar-refractivity contribution in [3.63, 3.8) is 0 Å². The van der Waals surface area contributed by atoms with E-state index in [2.05, 4.69) is 0 Å². The Morgan fingerprint density at radius 3 is 2.60 bits per heavy atom. The summed E-state index contributed by atoms with van der Waals surface area (Å²) < 4.78 is 22.1. The highest BCUT2D eigenvalue weighted by atomic mass is 16.8. The molecule has 0 aromatic heterocycles. The number of hydrogen-bond donors (Lipinski definition) is 2. The van der Waals surface area contributed by atoms with Gasteiger partial charge in [-0.15, -0.1) is 0 Å². The predicted octanol–water partition coefficient (Wildman–Crippen LogP) is -0.0721. The molecular weight excluding hydrogens is 268 g/mol. The lowest BCUT2D eigenvalue weighted by molar-refractivity contribution is -0.241. The fourth-order valence-corrected chi connectivity index (χ4v) is 2.49. The monoisotopic (exact) mass is 290 g/mol. The quantitative estimate of drug-likeness (QED) is 0.684. The van der Waals surface area contributed by atoms with E-state index in [9.17, 15) is 9.90 Å². The van der Waals surface area contributed by atoms with Crippen LogP contribution in [0.2, 0.25) is 0 Å². The number of carbonyl (C=O) groups is 1. The van der Waals surface area contributed by atoms with E-state index < -0.39 is 43.1 Å². The van der Waals surface area contributed by atoms with E-state index in [1.54, 1.807) is 13.8 Å². The highest BCUT2D eigenvalue weighted by Crippen LogP contribution is 2.40. The van der Waals surface area contributed by atoms with Gasteiger partial charge in [0.15, 0.2) is 11.9 Å². The first-order valence-electron chi connectivity index (χ1n) is 6.87. The number of ether oxygens (including phenoxy) is 4. The van der Waals surface area contributed by atoms with E-state index in [1.807, 2.05) is 6.92 Å². The molecule has 5 atom stereocenters. The lowest BCUT2D eigenvalue weighted by atomic mass is 10.1. The van der Waals surface area contributed by atoms with Gasteiger partial charge < -0.3 is 29.2 Å². The molecule has 2 saturated heterocycles. The summed E-state index contributed by atoms with van der Waals surface area (Å²) in [6.07, 6.45) is -3.04. The predicted molar refractivity (Wildman–Crippen MR) is 66.6 cm³/mol. The molecule has 2 aliphatic heterocycles. The third kappa shape index (κ3) is 3.12. The Morgan fingerprint density at radius 1 is 1.35 bits per heavy atom. The van der Waals surface area contributed by atoms with Gasteiger partial charge in [0.1, 0.15) is 18.3 Å². The van der Waals surface area contributed by atoms with Crippen LogP contribution in [0.25, 0.3) is 0 Å². The van der Waals surface area contributed by atoms with Crippen molar-refractivity contribution in [1.29, 1.82) is 0 Å². The van der Waals surface area contributed by atoms with Crippen LogP contribution in [-0.4, -0.2) is 59.3 Å². The van der Waals surface area contributed by atoms with Gasteiger partial charge in [-0.25, -0.2) is 0 Å². The van der Waals surface area contributed by atoms with Gasteiger partial charge in [0, 0.05) is 6.42 Å². The molecule has 7 nitrogen and oxygen atoms in total. The molecule has 0 saturated carbocycles. The zero-order valence-corrected chi connectivity index (χ0v) is 11.9. The first-order valence-corrected chi connectivity index (χ1v) is 6.87. The van der Waals surface area contributed by atoms with Crippen LogP contribution in [0.4, 0.5) is 0 Å². The normalized spacial score (nSPS) is 36.6. The summed E-state index contributed by atoms with van der Waals surface area (Å²) in [6, 6.07) is 0. The van der Waals surface area contributed by atoms with Gasteiger partial charge in [-0.05, 0) is 20.3 Å². The molecule has 5 unspecified atom stereocenters. The van der Waals surface area contributed by atoms with Crippen molar-refractivity contribution < 1.29 is 34.0 Å². The third-order valence-corrected chi connectivity index (χ3v) is 3.31. The molecule has 116 valence electrons. The minimum absolute atomic E-state index is 0.286. The molecule has 2 fully saturated rings. The third-order valence-electron chi connectivity index (χ3n) is 3.31. The maximum atomic E-state index is 11.6. The fraction of sp³-hybridized carbons (Fsp3) is 0.923. The van der Waals surface area contributed by atoms with Crippen molar-refractivity contribution in [3.8, 4) is 0 Å². The highest BCUT2D eigenvalue weighted by Gasteiger charge is 2.58. The van der Waals surface area contributed by atoms with Gasteiger partial charge in [0.05, 0.1) is 6.61 Å². The average molecular weight is 290 g/mol. The van der Waals surface area contributed by atoms with Crippen molar-refractivity contribution in [2.75, 3.05) is 6.61 Å². The van der Waals surface area contributed by atoms with E-state index in [1.165, 1.54) is 0 Å². The fourth-order valence-electron chi connectivity index (χ4n) is 2.49. The Balaban J connectivity index is 2.08. The smallest absolute Gasteiger partial charge is 0.308 e. The van der Waals surface area contributed by atoms with E-state index >= 15 is 0 Å². The number of aliphatic hydroxyl groups is 2. The summed E-state index contributed by atoms with van der Waals surface area (Å²) >= 11 is 0. The van der Waals surface area contributed by atoms with Crippen molar-refractivity contribution >= 4 is 5.97 Å². The second kappa shape index (κ2) is 5.95. The lowest BCUT2D eigenvalue weighted by Gasteiger charge is -2.25. The number of esters is 1. The molecule has 7 heteroatoms. The van der Waals surface area contributed by atoms with Crippen molar-refractivity contribution in [1.82, 2.24) is 0 Å². The Kier molecular flexibility index (Phi) is 4.66. The molecule has 2 N–H and O–H groups in total. The lowest BCUT2D eigenvalue weighted by Crippen LogP contribution is -2.40. The van der Waals surface area contributed by atoms with Crippen LogP contribution in [0.1, 0.15) is 33.6 Å². The van der Waals surface area contributed by atoms with E-state index in [-0.39, 0.29) is 12.4 Å². The summed E-state index contributed by atoms with van der Waals surface area (Å²) in [5.41, 5.74) is 0. The first kappa shape index (κ1) is 15.7. The largest absolute Gasteiger partial charge is 0.433 e. The number of carbonyl (C=O) groups excluding carboxylic acids is 1. The van der Waals surface area contributed by atoms with Gasteiger partial charge in [0.2, 0.25) is 6.29 Å². The van der Waals surface area contributed by atoms with Crippen molar-refractivity contribution in [2.24, 2.45) is 0 Å². The first-order chi connectivity index (χ1) is 9.38. The number of fused-ring (bicyclic) bond motifs is 1. The van der Waals surface area contributed by atoms with Gasteiger partial charge in [-0.2, -0.15) is 0 Å². The van der Waals surface area contributed by atoms with Crippen LogP contribution in [0.3, 0.4) is 0 Å². The van der Waals surface area contributed by atoms with Crippen molar-refractivity contribution in [2.45, 2.75) is 70.1 Å². The van der Waals surface area contributed by atoms with Gasteiger partial charge in [-0.1, -0.05) is 6.92 Å². The Hall–Kier alpha value is -0.730. The molecule has 2 aliphatic rings. The maximum absolute atomic E-state index is 11.6. The van der Waals surface area contributed by atoms with Crippen LogP contribution in [-0.2, 0) is 23.7 Å². The van der Waals surface area contributed by atoms with E-state index in [0.717, 1.165) is 0 Å². The molecule has 20 heavy (non-hydrogen) atoms. The SMILES string of the molecule is CCCC(=O)OC1OC(C(O)CO)C2OC(C)(C)OC12. The molecule has 0 spiro atoms. The van der Waals surface area contributed by atoms with Crippen LogP contribution < -0.4 is 0 Å². The van der Waals surface area contributed by atoms with Crippen LogP contribution in [0.15, 0.2) is 0 Å². The van der Waals surface area contributed by atoms with Crippen LogP contribution in [0, 0.1) is 0 Å². The standard InChI is InChI=1S/C13H22O7/c1-4-5-8(16)17-12-11-10(19-13(2,3)20-11)9(18-12)7(15)6-14/h7,9-12,14-15H,4-6H2,1-3H3. The summed E-state index contributed by atoms with van der Waals surface area (Å²) in [5.74, 6) is -1.23. The minimum Gasteiger partial charge on any atom is -0.433 e. The molecule has 0 aromatic rings. The molecular formula is C13H22O7. The van der Waals surface area contributed by atoms with Crippen LogP contribution >= 0.6 is 0 Å². The topological polar surface area (TPSA) is 94.5 Å². The second-order valence-corrected chi connectivity index (χ2v) is 5.52.